The molecule has 0 saturated heterocycles. The zero-order valence-corrected chi connectivity index (χ0v) is 8.83. The summed E-state index contributed by atoms with van der Waals surface area (Å²) >= 11 is 0. The van der Waals surface area contributed by atoms with Gasteiger partial charge in [-0.25, -0.2) is 9.78 Å². The molecule has 1 amide bonds. The first-order valence-electron chi connectivity index (χ1n) is 4.41. The van der Waals surface area contributed by atoms with Gasteiger partial charge in [0.1, 0.15) is 5.60 Å². The molecule has 0 fully saturated rings. The predicted octanol–water partition coefficient (Wildman–Crippen LogP) is 1.57. The maximum atomic E-state index is 11.2. The van der Waals surface area contributed by atoms with Gasteiger partial charge in [-0.2, -0.15) is 0 Å². The van der Waals surface area contributed by atoms with Crippen molar-refractivity contribution in [1.82, 2.24) is 9.97 Å². The van der Waals surface area contributed by atoms with E-state index in [9.17, 15) is 9.59 Å². The Labute approximate surface area is 87.0 Å². The number of aromatic nitrogens is 2. The van der Waals surface area contributed by atoms with Gasteiger partial charge in [-0.1, -0.05) is 0 Å². The molecule has 2 N–H and O–H groups in total. The standard InChI is InChI=1S/C9H13N3O3/c1-9(2,3)15-8(14)12-7-10-4-6(5-13)11-7/h4-5H,1-3H3,(H2,10,11,12,14). The molecule has 0 saturated carbocycles. The number of anilines is 1. The lowest BCUT2D eigenvalue weighted by Crippen LogP contribution is -2.27. The number of amides is 1. The van der Waals surface area contributed by atoms with Crippen molar-refractivity contribution in [3.8, 4) is 0 Å². The number of ether oxygens (including phenoxy) is 1. The summed E-state index contributed by atoms with van der Waals surface area (Å²) < 4.78 is 4.99. The van der Waals surface area contributed by atoms with Gasteiger partial charge >= 0.3 is 6.09 Å². The van der Waals surface area contributed by atoms with Crippen LogP contribution in [0.15, 0.2) is 6.20 Å². The van der Waals surface area contributed by atoms with Crippen molar-refractivity contribution in [3.05, 3.63) is 11.9 Å². The topological polar surface area (TPSA) is 84.1 Å². The first kappa shape index (κ1) is 11.2. The summed E-state index contributed by atoms with van der Waals surface area (Å²) in [6.07, 6.45) is 1.31. The monoisotopic (exact) mass is 211 g/mol. The number of hydrogen-bond acceptors (Lipinski definition) is 4. The Morgan fingerprint density at radius 3 is 2.73 bits per heavy atom. The fraction of sp³-hybridized carbons (Fsp3) is 0.444. The highest BCUT2D eigenvalue weighted by Gasteiger charge is 2.16. The van der Waals surface area contributed by atoms with Crippen LogP contribution in [-0.4, -0.2) is 27.9 Å². The second kappa shape index (κ2) is 4.12. The summed E-state index contributed by atoms with van der Waals surface area (Å²) in [7, 11) is 0. The lowest BCUT2D eigenvalue weighted by molar-refractivity contribution is 0.0634. The second-order valence-electron chi connectivity index (χ2n) is 3.93. The van der Waals surface area contributed by atoms with Crippen LogP contribution in [0.1, 0.15) is 31.3 Å². The number of nitrogens with zero attached hydrogens (tertiary/aromatic N) is 1. The molecular weight excluding hydrogens is 198 g/mol. The first-order valence-corrected chi connectivity index (χ1v) is 4.41. The number of nitrogens with one attached hydrogen (secondary N) is 2. The van der Waals surface area contributed by atoms with Crippen LogP contribution in [0.2, 0.25) is 0 Å². The van der Waals surface area contributed by atoms with Crippen LogP contribution in [0.3, 0.4) is 0 Å². The van der Waals surface area contributed by atoms with Gasteiger partial charge in [0.05, 0.1) is 11.9 Å². The van der Waals surface area contributed by atoms with Gasteiger partial charge in [-0.3, -0.25) is 10.1 Å². The van der Waals surface area contributed by atoms with Crippen LogP contribution in [0.4, 0.5) is 10.7 Å². The van der Waals surface area contributed by atoms with E-state index in [1.165, 1.54) is 6.20 Å². The van der Waals surface area contributed by atoms with Crippen LogP contribution in [0, 0.1) is 0 Å². The molecule has 15 heavy (non-hydrogen) atoms. The Kier molecular flexibility index (Phi) is 3.08. The summed E-state index contributed by atoms with van der Waals surface area (Å²) in [6.45, 7) is 5.27. The van der Waals surface area contributed by atoms with Gasteiger partial charge in [0.2, 0.25) is 5.95 Å². The van der Waals surface area contributed by atoms with Crippen molar-refractivity contribution in [2.75, 3.05) is 5.32 Å². The van der Waals surface area contributed by atoms with Crippen LogP contribution in [-0.2, 0) is 4.74 Å². The molecule has 6 nitrogen and oxygen atoms in total. The fourth-order valence-corrected chi connectivity index (χ4v) is 0.859. The predicted molar refractivity (Wildman–Crippen MR) is 53.8 cm³/mol. The fourth-order valence-electron chi connectivity index (χ4n) is 0.859. The maximum Gasteiger partial charge on any atom is 0.414 e. The Morgan fingerprint density at radius 2 is 2.27 bits per heavy atom. The number of carbonyl (C=O) groups excluding carboxylic acids is 2. The Balaban J connectivity index is 2.55. The van der Waals surface area contributed by atoms with Crippen molar-refractivity contribution in [2.45, 2.75) is 26.4 Å². The lowest BCUT2D eigenvalue weighted by atomic mass is 10.2. The normalized spacial score (nSPS) is 10.9. The van der Waals surface area contributed by atoms with E-state index < -0.39 is 11.7 Å². The van der Waals surface area contributed by atoms with Gasteiger partial charge in [0, 0.05) is 0 Å². The number of H-pyrrole nitrogens is 1. The molecule has 1 heterocycles. The van der Waals surface area contributed by atoms with Crippen LogP contribution in [0.25, 0.3) is 0 Å². The molecule has 1 aromatic rings. The average Bonchev–Trinajstić information content (AvgIpc) is 2.48. The third kappa shape index (κ3) is 3.80. The Hall–Kier alpha value is -1.85. The van der Waals surface area contributed by atoms with Crippen LogP contribution < -0.4 is 5.32 Å². The molecule has 82 valence electrons. The SMILES string of the molecule is CC(C)(C)OC(=O)Nc1ncc(C=O)[nH]1. The van der Waals surface area contributed by atoms with E-state index in [1.807, 2.05) is 0 Å². The zero-order valence-electron chi connectivity index (χ0n) is 8.83. The largest absolute Gasteiger partial charge is 0.444 e. The Bertz CT molecular complexity index is 365. The molecule has 0 spiro atoms. The molecule has 0 aliphatic heterocycles. The summed E-state index contributed by atoms with van der Waals surface area (Å²) in [5, 5.41) is 2.37. The van der Waals surface area contributed by atoms with Gasteiger partial charge in [-0.05, 0) is 20.8 Å². The molecule has 1 rings (SSSR count). The van der Waals surface area contributed by atoms with Gasteiger partial charge in [0.15, 0.2) is 6.29 Å². The number of aldehydes is 1. The summed E-state index contributed by atoms with van der Waals surface area (Å²) in [6, 6.07) is 0. The lowest BCUT2D eigenvalue weighted by Gasteiger charge is -2.18. The number of carbonyl (C=O) groups is 2. The highest BCUT2D eigenvalue weighted by molar-refractivity contribution is 5.83. The van der Waals surface area contributed by atoms with Crippen molar-refractivity contribution < 1.29 is 14.3 Å². The zero-order chi connectivity index (χ0) is 11.5. The minimum atomic E-state index is -0.616. The van der Waals surface area contributed by atoms with E-state index in [2.05, 4.69) is 15.3 Å². The van der Waals surface area contributed by atoms with E-state index in [4.69, 9.17) is 4.74 Å². The number of aromatic amines is 1. The summed E-state index contributed by atoms with van der Waals surface area (Å²) in [4.78, 5) is 27.9. The Morgan fingerprint density at radius 1 is 1.60 bits per heavy atom. The summed E-state index contributed by atoms with van der Waals surface area (Å²) in [5.41, 5.74) is -0.273. The van der Waals surface area contributed by atoms with Crippen LogP contribution >= 0.6 is 0 Å². The van der Waals surface area contributed by atoms with E-state index in [0.29, 0.717) is 12.0 Å². The second-order valence-corrected chi connectivity index (χ2v) is 3.93. The van der Waals surface area contributed by atoms with Gasteiger partial charge < -0.3 is 9.72 Å². The van der Waals surface area contributed by atoms with Crippen molar-refractivity contribution in [2.24, 2.45) is 0 Å². The minimum absolute atomic E-state index is 0.186. The highest BCUT2D eigenvalue weighted by Crippen LogP contribution is 2.09. The molecule has 6 heteroatoms. The van der Waals surface area contributed by atoms with Crippen LogP contribution in [0.5, 0.6) is 0 Å². The van der Waals surface area contributed by atoms with Crippen molar-refractivity contribution >= 4 is 18.3 Å². The maximum absolute atomic E-state index is 11.2. The minimum Gasteiger partial charge on any atom is -0.444 e. The summed E-state index contributed by atoms with van der Waals surface area (Å²) in [5.74, 6) is 0.186. The van der Waals surface area contributed by atoms with Gasteiger partial charge in [0.25, 0.3) is 0 Å². The third-order valence-corrected chi connectivity index (χ3v) is 1.34. The van der Waals surface area contributed by atoms with E-state index in [-0.39, 0.29) is 5.95 Å². The molecule has 0 aliphatic carbocycles. The number of hydrogen-bond donors (Lipinski definition) is 2. The highest BCUT2D eigenvalue weighted by atomic mass is 16.6. The quantitative estimate of drug-likeness (QED) is 0.727. The first-order chi connectivity index (χ1) is 6.90. The number of imidazole rings is 1. The smallest absolute Gasteiger partial charge is 0.414 e. The third-order valence-electron chi connectivity index (χ3n) is 1.34. The molecule has 0 bridgehead atoms. The van der Waals surface area contributed by atoms with Crippen molar-refractivity contribution in [1.29, 1.82) is 0 Å². The molecule has 0 atom stereocenters. The van der Waals surface area contributed by atoms with Crippen molar-refractivity contribution in [3.63, 3.8) is 0 Å². The van der Waals surface area contributed by atoms with E-state index >= 15 is 0 Å². The number of rotatable bonds is 2. The van der Waals surface area contributed by atoms with E-state index in [0.717, 1.165) is 0 Å². The molecule has 1 aromatic heterocycles. The van der Waals surface area contributed by atoms with E-state index in [1.54, 1.807) is 20.8 Å². The molecular formula is C9H13N3O3. The van der Waals surface area contributed by atoms with Gasteiger partial charge in [-0.15, -0.1) is 0 Å². The molecule has 0 aromatic carbocycles. The molecule has 0 aliphatic rings. The molecule has 0 radical (unpaired) electrons. The average molecular weight is 211 g/mol. The molecule has 0 unspecified atom stereocenters.